The second-order valence-corrected chi connectivity index (χ2v) is 8.14. The SMILES string of the molecule is C[C@@H]1[C@@H](O)[C@@H](O)[C@@H](C)O[C@H]1c1ccncc1NC(=O)c1ccc(F)c(-c2c(F)cccc2F)n1. The summed E-state index contributed by atoms with van der Waals surface area (Å²) in [5.74, 6) is -4.31. The van der Waals surface area contributed by atoms with Crippen LogP contribution < -0.4 is 5.32 Å². The zero-order valence-corrected chi connectivity index (χ0v) is 18.2. The second kappa shape index (κ2) is 9.49. The van der Waals surface area contributed by atoms with Crippen molar-refractivity contribution in [2.24, 2.45) is 5.92 Å². The Morgan fingerprint density at radius 3 is 2.41 bits per heavy atom. The summed E-state index contributed by atoms with van der Waals surface area (Å²) in [6.45, 7) is 3.32. The van der Waals surface area contributed by atoms with Crippen molar-refractivity contribution in [3.63, 3.8) is 0 Å². The van der Waals surface area contributed by atoms with E-state index in [9.17, 15) is 28.2 Å². The summed E-state index contributed by atoms with van der Waals surface area (Å²) in [7, 11) is 0. The van der Waals surface area contributed by atoms with Crippen LogP contribution in [0.2, 0.25) is 0 Å². The van der Waals surface area contributed by atoms with E-state index in [-0.39, 0.29) is 11.4 Å². The fourth-order valence-corrected chi connectivity index (χ4v) is 3.97. The molecule has 10 heteroatoms. The third kappa shape index (κ3) is 4.39. The fraction of sp³-hybridized carbons (Fsp3) is 0.292. The molecule has 34 heavy (non-hydrogen) atoms. The summed E-state index contributed by atoms with van der Waals surface area (Å²) in [4.78, 5) is 20.8. The Balaban J connectivity index is 1.65. The first-order valence-electron chi connectivity index (χ1n) is 10.6. The van der Waals surface area contributed by atoms with Gasteiger partial charge in [-0.2, -0.15) is 0 Å². The number of aliphatic hydroxyl groups excluding tert-OH is 2. The monoisotopic (exact) mass is 473 g/mol. The van der Waals surface area contributed by atoms with E-state index >= 15 is 0 Å². The average molecular weight is 473 g/mol. The van der Waals surface area contributed by atoms with Crippen LogP contribution in [-0.2, 0) is 4.74 Å². The van der Waals surface area contributed by atoms with Gasteiger partial charge in [0.15, 0.2) is 0 Å². The summed E-state index contributed by atoms with van der Waals surface area (Å²) in [5, 5.41) is 23.1. The van der Waals surface area contributed by atoms with Gasteiger partial charge < -0.3 is 20.3 Å². The maximum Gasteiger partial charge on any atom is 0.274 e. The molecule has 7 nitrogen and oxygen atoms in total. The Morgan fingerprint density at radius 2 is 1.71 bits per heavy atom. The molecule has 2 aromatic heterocycles. The number of amides is 1. The Hall–Kier alpha value is -3.34. The number of nitrogens with one attached hydrogen (secondary N) is 1. The van der Waals surface area contributed by atoms with Gasteiger partial charge in [-0.25, -0.2) is 18.2 Å². The number of carbonyl (C=O) groups excluding carboxylic acids is 1. The molecule has 4 rings (SSSR count). The number of rotatable bonds is 4. The number of pyridine rings is 2. The highest BCUT2D eigenvalue weighted by atomic mass is 19.1. The molecule has 3 aromatic rings. The van der Waals surface area contributed by atoms with Gasteiger partial charge >= 0.3 is 0 Å². The molecule has 1 aliphatic heterocycles. The van der Waals surface area contributed by atoms with E-state index in [2.05, 4.69) is 15.3 Å². The van der Waals surface area contributed by atoms with Crippen LogP contribution in [0.3, 0.4) is 0 Å². The third-order valence-electron chi connectivity index (χ3n) is 5.90. The molecule has 0 saturated carbocycles. The number of carbonyl (C=O) groups is 1. The van der Waals surface area contributed by atoms with Crippen LogP contribution in [0.4, 0.5) is 18.9 Å². The predicted octanol–water partition coefficient (Wildman–Crippen LogP) is 3.63. The number of halogens is 3. The van der Waals surface area contributed by atoms with Crippen LogP contribution in [0.15, 0.2) is 48.8 Å². The Morgan fingerprint density at radius 1 is 1.00 bits per heavy atom. The van der Waals surface area contributed by atoms with Crippen molar-refractivity contribution in [1.29, 1.82) is 0 Å². The molecule has 0 bridgehead atoms. The molecular weight excluding hydrogens is 451 g/mol. The van der Waals surface area contributed by atoms with Crippen molar-refractivity contribution < 1.29 is 32.9 Å². The Kier molecular flexibility index (Phi) is 6.65. The van der Waals surface area contributed by atoms with E-state index in [0.717, 1.165) is 30.3 Å². The van der Waals surface area contributed by atoms with E-state index in [1.807, 2.05) is 0 Å². The predicted molar refractivity (Wildman–Crippen MR) is 116 cm³/mol. The molecular formula is C24H22F3N3O4. The minimum Gasteiger partial charge on any atom is -0.390 e. The number of hydrogen-bond acceptors (Lipinski definition) is 6. The van der Waals surface area contributed by atoms with Crippen molar-refractivity contribution in [2.75, 3.05) is 5.32 Å². The van der Waals surface area contributed by atoms with Crippen molar-refractivity contribution in [2.45, 2.75) is 38.3 Å². The highest BCUT2D eigenvalue weighted by Gasteiger charge is 2.41. The van der Waals surface area contributed by atoms with Crippen molar-refractivity contribution in [3.8, 4) is 11.3 Å². The molecule has 0 radical (unpaired) electrons. The molecule has 0 unspecified atom stereocenters. The molecule has 178 valence electrons. The van der Waals surface area contributed by atoms with Gasteiger partial charge in [-0.05, 0) is 37.3 Å². The Labute approximate surface area is 193 Å². The van der Waals surface area contributed by atoms with E-state index in [1.165, 1.54) is 12.4 Å². The third-order valence-corrected chi connectivity index (χ3v) is 5.90. The lowest BCUT2D eigenvalue weighted by atomic mass is 9.85. The van der Waals surface area contributed by atoms with Gasteiger partial charge in [-0.15, -0.1) is 0 Å². The van der Waals surface area contributed by atoms with E-state index in [0.29, 0.717) is 5.56 Å². The molecule has 1 aromatic carbocycles. The van der Waals surface area contributed by atoms with Crippen LogP contribution >= 0.6 is 0 Å². The smallest absolute Gasteiger partial charge is 0.274 e. The molecule has 3 N–H and O–H groups in total. The molecule has 0 spiro atoms. The number of ether oxygens (including phenoxy) is 1. The second-order valence-electron chi connectivity index (χ2n) is 8.14. The summed E-state index contributed by atoms with van der Waals surface area (Å²) >= 11 is 0. The molecule has 0 aliphatic carbocycles. The fourth-order valence-electron chi connectivity index (χ4n) is 3.97. The normalized spacial score (nSPS) is 24.6. The number of aliphatic hydroxyl groups is 2. The first-order chi connectivity index (χ1) is 16.2. The van der Waals surface area contributed by atoms with Crippen LogP contribution in [-0.4, -0.2) is 44.4 Å². The molecule has 3 heterocycles. The van der Waals surface area contributed by atoms with E-state index in [4.69, 9.17) is 4.74 Å². The van der Waals surface area contributed by atoms with Crippen LogP contribution in [0, 0.1) is 23.4 Å². The molecule has 1 amide bonds. The Bertz CT molecular complexity index is 1210. The largest absolute Gasteiger partial charge is 0.390 e. The quantitative estimate of drug-likeness (QED) is 0.535. The number of aromatic nitrogens is 2. The molecule has 5 atom stereocenters. The van der Waals surface area contributed by atoms with Crippen LogP contribution in [0.5, 0.6) is 0 Å². The van der Waals surface area contributed by atoms with Gasteiger partial charge in [0.2, 0.25) is 0 Å². The van der Waals surface area contributed by atoms with Crippen LogP contribution in [0.25, 0.3) is 11.3 Å². The van der Waals surface area contributed by atoms with Gasteiger partial charge in [-0.3, -0.25) is 9.78 Å². The summed E-state index contributed by atoms with van der Waals surface area (Å²) in [6, 6.07) is 6.66. The molecule has 1 saturated heterocycles. The minimum absolute atomic E-state index is 0.241. The first kappa shape index (κ1) is 23.8. The van der Waals surface area contributed by atoms with Gasteiger partial charge in [0.05, 0.1) is 35.8 Å². The maximum atomic E-state index is 14.4. The summed E-state index contributed by atoms with van der Waals surface area (Å²) in [6.07, 6.45) is -0.597. The minimum atomic E-state index is -1.06. The maximum absolute atomic E-state index is 14.4. The zero-order chi connectivity index (χ0) is 24.6. The number of hydrogen-bond donors (Lipinski definition) is 3. The molecule has 1 fully saturated rings. The van der Waals surface area contributed by atoms with Gasteiger partial charge in [0, 0.05) is 17.7 Å². The number of benzene rings is 1. The van der Waals surface area contributed by atoms with E-state index < -0.39 is 64.9 Å². The zero-order valence-electron chi connectivity index (χ0n) is 18.2. The standard InChI is InChI=1S/C24H22F3N3O4/c1-11-21(31)22(32)12(2)34-23(11)13-8-9-28-10-18(13)30-24(33)17-7-6-16(27)20(29-17)19-14(25)4-3-5-15(19)26/h3-12,21-23,31-32H,1-2H3,(H,30,33)/t11-,12-,21-,22+,23-/m1/s1. The van der Waals surface area contributed by atoms with Gasteiger partial charge in [-0.1, -0.05) is 13.0 Å². The topological polar surface area (TPSA) is 105 Å². The van der Waals surface area contributed by atoms with Crippen molar-refractivity contribution >= 4 is 11.6 Å². The first-order valence-corrected chi connectivity index (χ1v) is 10.6. The number of nitrogens with zero attached hydrogens (tertiary/aromatic N) is 2. The summed E-state index contributed by atoms with van der Waals surface area (Å²) < 4.78 is 48.6. The van der Waals surface area contributed by atoms with Gasteiger partial charge in [0.25, 0.3) is 5.91 Å². The van der Waals surface area contributed by atoms with Crippen molar-refractivity contribution in [1.82, 2.24) is 9.97 Å². The highest BCUT2D eigenvalue weighted by molar-refractivity contribution is 6.03. The van der Waals surface area contributed by atoms with Crippen molar-refractivity contribution in [3.05, 3.63) is 77.5 Å². The average Bonchev–Trinajstić information content (AvgIpc) is 2.81. The van der Waals surface area contributed by atoms with Crippen LogP contribution in [0.1, 0.15) is 36.0 Å². The number of anilines is 1. The lowest BCUT2D eigenvalue weighted by molar-refractivity contribution is -0.192. The van der Waals surface area contributed by atoms with E-state index in [1.54, 1.807) is 19.9 Å². The van der Waals surface area contributed by atoms with Gasteiger partial charge in [0.1, 0.15) is 34.9 Å². The molecule has 1 aliphatic rings. The lowest BCUT2D eigenvalue weighted by Gasteiger charge is -2.41. The lowest BCUT2D eigenvalue weighted by Crippen LogP contribution is -2.49. The highest BCUT2D eigenvalue weighted by Crippen LogP contribution is 2.39. The summed E-state index contributed by atoms with van der Waals surface area (Å²) in [5.41, 5.74) is -0.858.